The zero-order valence-electron chi connectivity index (χ0n) is 13.8. The molecule has 1 saturated heterocycles. The summed E-state index contributed by atoms with van der Waals surface area (Å²) in [5.41, 5.74) is 2.13. The second-order valence-corrected chi connectivity index (χ2v) is 7.58. The van der Waals surface area contributed by atoms with Gasteiger partial charge in [-0.3, -0.25) is 4.79 Å². The molecule has 1 saturated carbocycles. The highest BCUT2D eigenvalue weighted by molar-refractivity contribution is 7.14. The van der Waals surface area contributed by atoms with Crippen molar-refractivity contribution in [1.82, 2.24) is 10.3 Å². The first-order chi connectivity index (χ1) is 11.1. The summed E-state index contributed by atoms with van der Waals surface area (Å²) in [6, 6.07) is 1.99. The number of aromatic nitrogens is 1. The van der Waals surface area contributed by atoms with E-state index in [1.807, 2.05) is 25.3 Å². The lowest BCUT2D eigenvalue weighted by Crippen LogP contribution is -2.31. The highest BCUT2D eigenvalue weighted by atomic mass is 35.5. The molecule has 2 aliphatic rings. The van der Waals surface area contributed by atoms with E-state index >= 15 is 0 Å². The molecule has 3 heterocycles. The summed E-state index contributed by atoms with van der Waals surface area (Å²) in [6.45, 7) is 5.93. The zero-order chi connectivity index (χ0) is 16.0. The van der Waals surface area contributed by atoms with Crippen LogP contribution in [-0.4, -0.2) is 24.0 Å². The summed E-state index contributed by atoms with van der Waals surface area (Å²) in [5.74, 6) is 2.03. The van der Waals surface area contributed by atoms with Crippen molar-refractivity contribution in [2.75, 3.05) is 18.4 Å². The van der Waals surface area contributed by atoms with Gasteiger partial charge in [-0.2, -0.15) is 0 Å². The molecule has 24 heavy (non-hydrogen) atoms. The molecule has 4 rings (SSSR count). The number of carbonyl (C=O) groups excluding carboxylic acids is 1. The van der Waals surface area contributed by atoms with Crippen LogP contribution in [0.2, 0.25) is 0 Å². The summed E-state index contributed by atoms with van der Waals surface area (Å²) in [4.78, 5) is 17.0. The van der Waals surface area contributed by atoms with Crippen LogP contribution in [-0.2, 0) is 4.79 Å². The van der Waals surface area contributed by atoms with E-state index in [9.17, 15) is 4.79 Å². The number of anilines is 1. The van der Waals surface area contributed by atoms with Crippen LogP contribution in [0.15, 0.2) is 15.9 Å². The molecule has 2 aromatic heterocycles. The minimum absolute atomic E-state index is 0. The van der Waals surface area contributed by atoms with Crippen LogP contribution in [0.5, 0.6) is 0 Å². The first-order valence-corrected chi connectivity index (χ1v) is 9.00. The number of nitrogens with one attached hydrogen (secondary N) is 2. The molecule has 2 aromatic rings. The number of thiazole rings is 1. The minimum atomic E-state index is 0. The first kappa shape index (κ1) is 17.5. The Kier molecular flexibility index (Phi) is 4.73. The SMILES string of the molecule is Cc1cc(-c2csc(NC(=O)C3CC34CCNCC4)n2)c(C)o1.Cl. The van der Waals surface area contributed by atoms with E-state index in [-0.39, 0.29) is 29.6 Å². The van der Waals surface area contributed by atoms with Crippen LogP contribution in [0.4, 0.5) is 5.13 Å². The molecule has 1 unspecified atom stereocenters. The van der Waals surface area contributed by atoms with E-state index in [1.54, 1.807) is 0 Å². The fraction of sp³-hybridized carbons (Fsp3) is 0.529. The summed E-state index contributed by atoms with van der Waals surface area (Å²) in [7, 11) is 0. The Hall–Kier alpha value is -1.37. The number of aryl methyl sites for hydroxylation is 2. The van der Waals surface area contributed by atoms with Crippen LogP contribution in [0.1, 0.15) is 30.8 Å². The van der Waals surface area contributed by atoms with Crippen molar-refractivity contribution in [3.63, 3.8) is 0 Å². The first-order valence-electron chi connectivity index (χ1n) is 8.12. The van der Waals surface area contributed by atoms with Gasteiger partial charge in [0.2, 0.25) is 5.91 Å². The van der Waals surface area contributed by atoms with Crippen LogP contribution < -0.4 is 10.6 Å². The molecular weight excluding hydrogens is 346 g/mol. The van der Waals surface area contributed by atoms with Crippen molar-refractivity contribution in [3.8, 4) is 11.3 Å². The normalized spacial score (nSPS) is 21.3. The number of amides is 1. The van der Waals surface area contributed by atoms with E-state index in [0.717, 1.165) is 55.1 Å². The van der Waals surface area contributed by atoms with Gasteiger partial charge in [-0.15, -0.1) is 23.7 Å². The maximum atomic E-state index is 12.5. The quantitative estimate of drug-likeness (QED) is 0.866. The molecule has 1 aliphatic heterocycles. The second kappa shape index (κ2) is 6.50. The van der Waals surface area contributed by atoms with E-state index in [1.165, 1.54) is 11.3 Å². The Balaban J connectivity index is 0.00000169. The smallest absolute Gasteiger partial charge is 0.229 e. The molecule has 7 heteroatoms. The lowest BCUT2D eigenvalue weighted by atomic mass is 9.92. The van der Waals surface area contributed by atoms with Crippen molar-refractivity contribution in [1.29, 1.82) is 0 Å². The molecule has 1 atom stereocenters. The highest BCUT2D eigenvalue weighted by Crippen LogP contribution is 2.58. The van der Waals surface area contributed by atoms with E-state index in [4.69, 9.17) is 4.42 Å². The van der Waals surface area contributed by atoms with Crippen LogP contribution in [0.3, 0.4) is 0 Å². The Labute approximate surface area is 151 Å². The fourth-order valence-corrected chi connectivity index (χ4v) is 4.44. The van der Waals surface area contributed by atoms with Crippen molar-refractivity contribution >= 4 is 34.8 Å². The molecule has 0 aromatic carbocycles. The van der Waals surface area contributed by atoms with Crippen LogP contribution in [0.25, 0.3) is 11.3 Å². The second-order valence-electron chi connectivity index (χ2n) is 6.72. The number of furan rings is 1. The number of piperidine rings is 1. The van der Waals surface area contributed by atoms with E-state index < -0.39 is 0 Å². The van der Waals surface area contributed by atoms with E-state index in [0.29, 0.717) is 5.13 Å². The Morgan fingerprint density at radius 1 is 1.42 bits per heavy atom. The van der Waals surface area contributed by atoms with Gasteiger partial charge in [0, 0.05) is 16.9 Å². The minimum Gasteiger partial charge on any atom is -0.466 e. The molecule has 1 aliphatic carbocycles. The molecule has 2 fully saturated rings. The molecule has 2 N–H and O–H groups in total. The lowest BCUT2D eigenvalue weighted by Gasteiger charge is -2.22. The molecule has 1 amide bonds. The number of nitrogens with zero attached hydrogens (tertiary/aromatic N) is 1. The predicted octanol–water partition coefficient (Wildman–Crippen LogP) is 3.77. The van der Waals surface area contributed by atoms with Crippen molar-refractivity contribution in [2.24, 2.45) is 11.3 Å². The average molecular weight is 368 g/mol. The van der Waals surface area contributed by atoms with Gasteiger partial charge >= 0.3 is 0 Å². The van der Waals surface area contributed by atoms with Gasteiger partial charge in [0.05, 0.1) is 5.69 Å². The number of halogens is 1. The summed E-state index contributed by atoms with van der Waals surface area (Å²) >= 11 is 1.47. The van der Waals surface area contributed by atoms with E-state index in [2.05, 4.69) is 15.6 Å². The van der Waals surface area contributed by atoms with Gasteiger partial charge < -0.3 is 15.1 Å². The molecule has 0 radical (unpaired) electrons. The molecule has 0 bridgehead atoms. The maximum Gasteiger partial charge on any atom is 0.229 e. The van der Waals surface area contributed by atoms with Gasteiger partial charge in [-0.1, -0.05) is 0 Å². The average Bonchev–Trinajstić information content (AvgIpc) is 2.87. The van der Waals surface area contributed by atoms with Crippen molar-refractivity contribution in [3.05, 3.63) is 23.0 Å². The number of rotatable bonds is 3. The molecule has 130 valence electrons. The van der Waals surface area contributed by atoms with Crippen LogP contribution >= 0.6 is 23.7 Å². The zero-order valence-corrected chi connectivity index (χ0v) is 15.5. The number of hydrogen-bond acceptors (Lipinski definition) is 5. The summed E-state index contributed by atoms with van der Waals surface area (Å²) in [6.07, 6.45) is 3.25. The Bertz CT molecular complexity index is 749. The Morgan fingerprint density at radius 3 is 2.83 bits per heavy atom. The van der Waals surface area contributed by atoms with Gasteiger partial charge in [0.25, 0.3) is 0 Å². The molecule has 1 spiro atoms. The van der Waals surface area contributed by atoms with Crippen molar-refractivity contribution in [2.45, 2.75) is 33.1 Å². The third-order valence-electron chi connectivity index (χ3n) is 5.16. The number of carbonyl (C=O) groups is 1. The van der Waals surface area contributed by atoms with Gasteiger partial charge in [-0.05, 0) is 57.7 Å². The third kappa shape index (κ3) is 3.10. The number of hydrogen-bond donors (Lipinski definition) is 2. The van der Waals surface area contributed by atoms with Crippen LogP contribution in [0, 0.1) is 25.2 Å². The van der Waals surface area contributed by atoms with Gasteiger partial charge in [0.1, 0.15) is 11.5 Å². The summed E-state index contributed by atoms with van der Waals surface area (Å²) < 4.78 is 5.55. The monoisotopic (exact) mass is 367 g/mol. The lowest BCUT2D eigenvalue weighted by molar-refractivity contribution is -0.118. The van der Waals surface area contributed by atoms with Gasteiger partial charge in [-0.25, -0.2) is 4.98 Å². The van der Waals surface area contributed by atoms with Crippen molar-refractivity contribution < 1.29 is 9.21 Å². The van der Waals surface area contributed by atoms with Gasteiger partial charge in [0.15, 0.2) is 5.13 Å². The molecular formula is C17H22ClN3O2S. The standard InChI is InChI=1S/C17H21N3O2S.ClH/c1-10-7-12(11(2)22-10)14-9-23-16(19-14)20-15(21)13-8-17(13)3-5-18-6-4-17;/h7,9,13,18H,3-6,8H2,1-2H3,(H,19,20,21);1H. The maximum absolute atomic E-state index is 12.5. The predicted molar refractivity (Wildman–Crippen MR) is 97.8 cm³/mol. The topological polar surface area (TPSA) is 67.2 Å². The Morgan fingerprint density at radius 2 is 2.17 bits per heavy atom. The third-order valence-corrected chi connectivity index (χ3v) is 5.91. The fourth-order valence-electron chi connectivity index (χ4n) is 3.73. The molecule has 5 nitrogen and oxygen atoms in total. The highest BCUT2D eigenvalue weighted by Gasteiger charge is 2.57. The summed E-state index contributed by atoms with van der Waals surface area (Å²) in [5, 5.41) is 9.03. The largest absolute Gasteiger partial charge is 0.466 e.